The van der Waals surface area contributed by atoms with Crippen molar-refractivity contribution in [2.45, 2.75) is 45.4 Å². The Bertz CT molecular complexity index is 1720. The minimum Gasteiger partial charge on any atom is -0.369 e. The molecule has 10 nitrogen and oxygen atoms in total. The van der Waals surface area contributed by atoms with Crippen LogP contribution in [-0.4, -0.2) is 56.6 Å². The van der Waals surface area contributed by atoms with Gasteiger partial charge in [0.2, 0.25) is 0 Å². The van der Waals surface area contributed by atoms with Gasteiger partial charge in [-0.15, -0.1) is 0 Å². The summed E-state index contributed by atoms with van der Waals surface area (Å²) in [7, 11) is 0. The molecule has 11 heteroatoms. The number of hydrogen-bond acceptors (Lipinski definition) is 8. The highest BCUT2D eigenvalue weighted by Crippen LogP contribution is 2.52. The largest absolute Gasteiger partial charge is 0.369 e. The van der Waals surface area contributed by atoms with Gasteiger partial charge in [-0.05, 0) is 55.5 Å². The van der Waals surface area contributed by atoms with Gasteiger partial charge in [-0.2, -0.15) is 0 Å². The lowest BCUT2D eigenvalue weighted by Gasteiger charge is -2.16. The monoisotopic (exact) mass is 570 g/mol. The number of benzene rings is 1. The fourth-order valence-corrected chi connectivity index (χ4v) is 6.44. The van der Waals surface area contributed by atoms with Crippen LogP contribution < -0.4 is 16.0 Å². The molecule has 5 aromatic rings. The zero-order valence-electron chi connectivity index (χ0n) is 23.5. The molecule has 5 heterocycles. The number of rotatable bonds is 7. The first-order chi connectivity index (χ1) is 19.7. The lowest BCUT2D eigenvalue weighted by Crippen LogP contribution is -2.27. The van der Waals surface area contributed by atoms with Crippen LogP contribution in [0, 0.1) is 5.41 Å². The molecule has 1 saturated heterocycles. The Hall–Kier alpha value is -3.96. The second-order valence-electron chi connectivity index (χ2n) is 12.3. The molecule has 0 atom stereocenters. The van der Waals surface area contributed by atoms with E-state index in [1.54, 1.807) is 17.4 Å². The third-order valence-electron chi connectivity index (χ3n) is 8.10. The fraction of sp³-hybridized carbons (Fsp3) is 0.400. The number of hydrogen-bond donors (Lipinski definition) is 3. The SMILES string of the molecule is CC(C)(C)c1cc(NC(=O)Nc2ccc(-c3cn4c(n3)sc3nc(NCCN5CCC6(CC6)C5)ccc34)cc2)no1. The van der Waals surface area contributed by atoms with E-state index < -0.39 is 0 Å². The molecule has 2 fully saturated rings. The number of nitrogens with one attached hydrogen (secondary N) is 3. The summed E-state index contributed by atoms with van der Waals surface area (Å²) in [6.45, 7) is 10.5. The van der Waals surface area contributed by atoms with E-state index in [1.165, 1.54) is 32.4 Å². The zero-order valence-corrected chi connectivity index (χ0v) is 24.3. The first-order valence-corrected chi connectivity index (χ1v) is 15.0. The lowest BCUT2D eigenvalue weighted by atomic mass is 9.93. The Morgan fingerprint density at radius 2 is 1.88 bits per heavy atom. The van der Waals surface area contributed by atoms with Crippen LogP contribution in [0.15, 0.2) is 53.2 Å². The summed E-state index contributed by atoms with van der Waals surface area (Å²) >= 11 is 1.59. The summed E-state index contributed by atoms with van der Waals surface area (Å²) in [5, 5.41) is 13.0. The predicted molar refractivity (Wildman–Crippen MR) is 163 cm³/mol. The van der Waals surface area contributed by atoms with E-state index in [2.05, 4.69) is 42.5 Å². The molecule has 212 valence electrons. The number of pyridine rings is 1. The van der Waals surface area contributed by atoms with Crippen molar-refractivity contribution in [3.05, 3.63) is 54.4 Å². The van der Waals surface area contributed by atoms with Gasteiger partial charge in [-0.1, -0.05) is 49.4 Å². The van der Waals surface area contributed by atoms with E-state index in [0.29, 0.717) is 22.7 Å². The number of carbonyl (C=O) groups is 1. The number of likely N-dealkylation sites (tertiary alicyclic amines) is 1. The standard InChI is InChI=1S/C30H34N8O2S/c1-29(2,3)23-16-25(36-40-23)35-27(39)32-20-6-4-19(5-7-20)21-17-38-22-8-9-24(34-26(22)41-28(38)33-21)31-13-15-37-14-12-30(18-37)10-11-30/h4-9,16-17H,10-15,18H2,1-3H3,(H,31,34)(H2,32,35,36,39). The first-order valence-electron chi connectivity index (χ1n) is 14.1. The molecular weight excluding hydrogens is 536 g/mol. The Balaban J connectivity index is 0.973. The third-order valence-corrected chi connectivity index (χ3v) is 9.06. The quantitative estimate of drug-likeness (QED) is 0.206. The number of nitrogens with zero attached hydrogens (tertiary/aromatic N) is 5. The van der Waals surface area contributed by atoms with Crippen LogP contribution >= 0.6 is 11.3 Å². The summed E-state index contributed by atoms with van der Waals surface area (Å²) < 4.78 is 7.42. The molecule has 7 rings (SSSR count). The normalized spacial score (nSPS) is 16.6. The Morgan fingerprint density at radius 1 is 1.05 bits per heavy atom. The summed E-state index contributed by atoms with van der Waals surface area (Å²) in [5.41, 5.74) is 4.03. The van der Waals surface area contributed by atoms with Gasteiger partial charge in [0.15, 0.2) is 10.8 Å². The van der Waals surface area contributed by atoms with Crippen molar-refractivity contribution >= 4 is 50.0 Å². The molecule has 2 aliphatic rings. The van der Waals surface area contributed by atoms with Crippen molar-refractivity contribution in [3.8, 4) is 11.3 Å². The molecule has 1 aliphatic heterocycles. The molecule has 0 bridgehead atoms. The van der Waals surface area contributed by atoms with Crippen LogP contribution in [0.2, 0.25) is 0 Å². The average molecular weight is 571 g/mol. The second-order valence-corrected chi connectivity index (χ2v) is 13.3. The fourth-order valence-electron chi connectivity index (χ4n) is 5.46. The molecule has 1 saturated carbocycles. The van der Waals surface area contributed by atoms with Gasteiger partial charge in [0.1, 0.15) is 16.4 Å². The van der Waals surface area contributed by atoms with Crippen molar-refractivity contribution in [3.63, 3.8) is 0 Å². The van der Waals surface area contributed by atoms with E-state index in [9.17, 15) is 4.79 Å². The molecule has 41 heavy (non-hydrogen) atoms. The summed E-state index contributed by atoms with van der Waals surface area (Å²) in [6, 6.07) is 13.1. The predicted octanol–water partition coefficient (Wildman–Crippen LogP) is 6.44. The van der Waals surface area contributed by atoms with Gasteiger partial charge in [0, 0.05) is 48.6 Å². The van der Waals surface area contributed by atoms with Crippen LogP contribution in [-0.2, 0) is 5.41 Å². The number of thiazole rings is 1. The number of fused-ring (bicyclic) bond motifs is 3. The van der Waals surface area contributed by atoms with E-state index in [0.717, 1.165) is 45.5 Å². The van der Waals surface area contributed by atoms with E-state index in [1.807, 2.05) is 51.2 Å². The number of amides is 2. The van der Waals surface area contributed by atoms with Crippen LogP contribution in [0.25, 0.3) is 26.6 Å². The Kier molecular flexibility index (Phi) is 6.24. The molecule has 1 aliphatic carbocycles. The molecule has 2 amide bonds. The van der Waals surface area contributed by atoms with Gasteiger partial charge in [-0.25, -0.2) is 14.8 Å². The highest BCUT2D eigenvalue weighted by molar-refractivity contribution is 7.23. The molecule has 0 radical (unpaired) electrons. The van der Waals surface area contributed by atoms with Crippen LogP contribution in [0.4, 0.5) is 22.1 Å². The van der Waals surface area contributed by atoms with E-state index in [4.69, 9.17) is 14.5 Å². The number of aromatic nitrogens is 4. The van der Waals surface area contributed by atoms with Gasteiger partial charge >= 0.3 is 6.03 Å². The van der Waals surface area contributed by atoms with E-state index >= 15 is 0 Å². The first kappa shape index (κ1) is 26.0. The highest BCUT2D eigenvalue weighted by atomic mass is 32.1. The second kappa shape index (κ2) is 9.85. The number of urea groups is 1. The lowest BCUT2D eigenvalue weighted by molar-refractivity contribution is 0.262. The van der Waals surface area contributed by atoms with Crippen LogP contribution in [0.5, 0.6) is 0 Å². The molecule has 1 spiro atoms. The van der Waals surface area contributed by atoms with Gasteiger partial charge < -0.3 is 20.1 Å². The minimum absolute atomic E-state index is 0.184. The number of anilines is 3. The maximum atomic E-state index is 12.4. The van der Waals surface area contributed by atoms with Crippen molar-refractivity contribution in [1.29, 1.82) is 0 Å². The van der Waals surface area contributed by atoms with Crippen LogP contribution in [0.1, 0.15) is 45.8 Å². The zero-order chi connectivity index (χ0) is 28.2. The van der Waals surface area contributed by atoms with Gasteiger partial charge in [0.05, 0.1) is 11.2 Å². The number of imidazole rings is 1. The minimum atomic E-state index is -0.385. The number of carbonyl (C=O) groups excluding carboxylic acids is 1. The highest BCUT2D eigenvalue weighted by Gasteiger charge is 2.47. The average Bonchev–Trinajstić information content (AvgIpc) is 3.32. The molecule has 3 N–H and O–H groups in total. The topological polar surface area (TPSA) is 113 Å². The Labute approximate surface area is 242 Å². The molecule has 0 unspecified atom stereocenters. The van der Waals surface area contributed by atoms with Crippen molar-refractivity contribution in [2.24, 2.45) is 5.41 Å². The van der Waals surface area contributed by atoms with Crippen molar-refractivity contribution in [2.75, 3.05) is 42.1 Å². The summed E-state index contributed by atoms with van der Waals surface area (Å²) in [6.07, 6.45) is 6.25. The maximum absolute atomic E-state index is 12.4. The summed E-state index contributed by atoms with van der Waals surface area (Å²) in [5.74, 6) is 1.99. The summed E-state index contributed by atoms with van der Waals surface area (Å²) in [4.78, 5) is 26.6. The maximum Gasteiger partial charge on any atom is 0.324 e. The molecule has 1 aromatic carbocycles. The van der Waals surface area contributed by atoms with Crippen molar-refractivity contribution in [1.82, 2.24) is 24.4 Å². The molecule has 4 aromatic heterocycles. The van der Waals surface area contributed by atoms with Crippen LogP contribution in [0.3, 0.4) is 0 Å². The van der Waals surface area contributed by atoms with Gasteiger partial charge in [0.25, 0.3) is 0 Å². The van der Waals surface area contributed by atoms with Gasteiger partial charge in [-0.3, -0.25) is 9.72 Å². The Morgan fingerprint density at radius 3 is 2.61 bits per heavy atom. The smallest absolute Gasteiger partial charge is 0.324 e. The third kappa shape index (κ3) is 5.39. The van der Waals surface area contributed by atoms with Crippen molar-refractivity contribution < 1.29 is 9.32 Å². The van der Waals surface area contributed by atoms with E-state index in [-0.39, 0.29) is 11.4 Å². The molecular formula is C30H34N8O2S.